The van der Waals surface area contributed by atoms with E-state index in [4.69, 9.17) is 21.1 Å². The second-order valence-corrected chi connectivity index (χ2v) is 9.77. The highest BCUT2D eigenvalue weighted by atomic mass is 35.5. The lowest BCUT2D eigenvalue weighted by molar-refractivity contribution is -0.120. The fraction of sp³-hybridized carbons (Fsp3) is 0.409. The molecule has 0 bridgehead atoms. The van der Waals surface area contributed by atoms with Crippen molar-refractivity contribution in [3.05, 3.63) is 47.0 Å². The summed E-state index contributed by atoms with van der Waals surface area (Å²) in [5.74, 6) is 0.301. The molecule has 0 radical (unpaired) electrons. The average molecular weight is 467 g/mol. The first-order valence-electron chi connectivity index (χ1n) is 10.1. The van der Waals surface area contributed by atoms with Crippen molar-refractivity contribution in [2.75, 3.05) is 32.1 Å². The third-order valence-electron chi connectivity index (χ3n) is 5.21. The summed E-state index contributed by atoms with van der Waals surface area (Å²) in [5.41, 5.74) is 1.56. The first-order chi connectivity index (χ1) is 14.8. The molecular weight excluding hydrogens is 440 g/mol. The molecule has 7 nitrogen and oxygen atoms in total. The predicted octanol–water partition coefficient (Wildman–Crippen LogP) is 4.10. The summed E-state index contributed by atoms with van der Waals surface area (Å²) >= 11 is 6.18. The molecule has 9 heteroatoms. The van der Waals surface area contributed by atoms with Gasteiger partial charge in [0, 0.05) is 13.1 Å². The number of benzene rings is 2. The van der Waals surface area contributed by atoms with Crippen molar-refractivity contribution < 1.29 is 22.7 Å². The predicted molar refractivity (Wildman–Crippen MR) is 120 cm³/mol. The number of hydrogen-bond acceptors (Lipinski definition) is 5. The lowest BCUT2D eigenvalue weighted by atomic mass is 9.98. The van der Waals surface area contributed by atoms with Crippen LogP contribution in [0.1, 0.15) is 25.3 Å². The summed E-state index contributed by atoms with van der Waals surface area (Å²) in [6, 6.07) is 9.94. The molecule has 0 aliphatic carbocycles. The van der Waals surface area contributed by atoms with Gasteiger partial charge in [-0.15, -0.1) is 0 Å². The van der Waals surface area contributed by atoms with Crippen molar-refractivity contribution in [3.8, 4) is 11.5 Å². The highest BCUT2D eigenvalue weighted by Gasteiger charge is 2.34. The maximum absolute atomic E-state index is 13.2. The van der Waals surface area contributed by atoms with E-state index in [2.05, 4.69) is 5.32 Å². The molecule has 0 unspecified atom stereocenters. The average Bonchev–Trinajstić information content (AvgIpc) is 2.75. The minimum Gasteiger partial charge on any atom is -0.495 e. The van der Waals surface area contributed by atoms with Crippen molar-refractivity contribution in [2.45, 2.75) is 31.6 Å². The maximum Gasteiger partial charge on any atom is 0.243 e. The highest BCUT2D eigenvalue weighted by molar-refractivity contribution is 7.89. The van der Waals surface area contributed by atoms with Gasteiger partial charge in [0.1, 0.15) is 11.5 Å². The topological polar surface area (TPSA) is 84.9 Å². The number of nitrogens with one attached hydrogen (secondary N) is 1. The molecule has 0 spiro atoms. The normalized spacial score (nSPS) is 17.2. The van der Waals surface area contributed by atoms with Gasteiger partial charge in [-0.05, 0) is 62.6 Å². The second-order valence-electron chi connectivity index (χ2n) is 7.42. The summed E-state index contributed by atoms with van der Waals surface area (Å²) in [4.78, 5) is 13.0. The number of ether oxygens (including phenoxy) is 2. The Labute approximate surface area is 188 Å². The molecule has 1 aliphatic rings. The molecule has 0 aromatic heterocycles. The Balaban J connectivity index is 1.76. The number of halogens is 1. The van der Waals surface area contributed by atoms with Crippen LogP contribution >= 0.6 is 11.6 Å². The SMILES string of the molecule is CCOc1ccc(S(=O)(=O)N2CCC[C@@H](C(=O)Nc3cc(C)ccc3OC)C2)cc1Cl. The third kappa shape index (κ3) is 5.31. The van der Waals surface area contributed by atoms with E-state index >= 15 is 0 Å². The molecule has 168 valence electrons. The standard InChI is InChI=1S/C22H27ClN2O5S/c1-4-30-20-10-8-17(13-18(20)23)31(27,28)25-11-5-6-16(14-25)22(26)24-19-12-15(2)7-9-21(19)29-3/h7-10,12-13,16H,4-6,11,14H2,1-3H3,(H,24,26)/t16-/m1/s1. The van der Waals surface area contributed by atoms with Gasteiger partial charge in [-0.2, -0.15) is 4.31 Å². The van der Waals surface area contributed by atoms with Gasteiger partial charge in [0.25, 0.3) is 0 Å². The zero-order valence-electron chi connectivity index (χ0n) is 17.9. The van der Waals surface area contributed by atoms with E-state index in [1.165, 1.54) is 23.5 Å². The second kappa shape index (κ2) is 9.89. The molecule has 1 amide bonds. The number of aryl methyl sites for hydroxylation is 1. The van der Waals surface area contributed by atoms with Crippen LogP contribution in [0.2, 0.25) is 5.02 Å². The fourth-order valence-corrected chi connectivity index (χ4v) is 5.44. The molecule has 1 atom stereocenters. The first-order valence-corrected chi connectivity index (χ1v) is 12.0. The number of methoxy groups -OCH3 is 1. The number of carbonyl (C=O) groups is 1. The monoisotopic (exact) mass is 466 g/mol. The van der Waals surface area contributed by atoms with Gasteiger partial charge >= 0.3 is 0 Å². The molecule has 1 saturated heterocycles. The van der Waals surface area contributed by atoms with Crippen LogP contribution in [0.25, 0.3) is 0 Å². The van der Waals surface area contributed by atoms with E-state index in [1.54, 1.807) is 12.1 Å². The first kappa shape index (κ1) is 23.4. The number of carbonyl (C=O) groups excluding carboxylic acids is 1. The Hall–Kier alpha value is -2.29. The Morgan fingerprint density at radius 3 is 2.65 bits per heavy atom. The van der Waals surface area contributed by atoms with Crippen LogP contribution in [0.4, 0.5) is 5.69 Å². The van der Waals surface area contributed by atoms with Crippen LogP contribution in [-0.2, 0) is 14.8 Å². The van der Waals surface area contributed by atoms with E-state index in [-0.39, 0.29) is 22.4 Å². The smallest absolute Gasteiger partial charge is 0.243 e. The minimum absolute atomic E-state index is 0.0855. The largest absolute Gasteiger partial charge is 0.495 e. The molecular formula is C22H27ClN2O5S. The third-order valence-corrected chi connectivity index (χ3v) is 7.37. The zero-order chi connectivity index (χ0) is 22.6. The van der Waals surface area contributed by atoms with Crippen LogP contribution < -0.4 is 14.8 Å². The van der Waals surface area contributed by atoms with Crippen molar-refractivity contribution in [1.29, 1.82) is 0 Å². The minimum atomic E-state index is -3.79. The molecule has 3 rings (SSSR count). The molecule has 1 N–H and O–H groups in total. The van der Waals surface area contributed by atoms with Gasteiger partial charge in [0.05, 0.1) is 35.2 Å². The van der Waals surface area contributed by atoms with E-state index in [9.17, 15) is 13.2 Å². The van der Waals surface area contributed by atoms with Crippen LogP contribution in [0.15, 0.2) is 41.3 Å². The Bertz CT molecular complexity index is 1060. The Kier molecular flexibility index (Phi) is 7.46. The maximum atomic E-state index is 13.2. The summed E-state index contributed by atoms with van der Waals surface area (Å²) in [6.07, 6.45) is 1.20. The van der Waals surface area contributed by atoms with Crippen LogP contribution in [0.3, 0.4) is 0 Å². The van der Waals surface area contributed by atoms with Gasteiger partial charge in [0.15, 0.2) is 0 Å². The number of piperidine rings is 1. The molecule has 1 fully saturated rings. The van der Waals surface area contributed by atoms with Gasteiger partial charge in [-0.1, -0.05) is 17.7 Å². The molecule has 31 heavy (non-hydrogen) atoms. The van der Waals surface area contributed by atoms with E-state index in [0.29, 0.717) is 43.2 Å². The Morgan fingerprint density at radius 2 is 1.97 bits per heavy atom. The van der Waals surface area contributed by atoms with E-state index < -0.39 is 15.9 Å². The lowest BCUT2D eigenvalue weighted by Gasteiger charge is -2.31. The fourth-order valence-electron chi connectivity index (χ4n) is 3.59. The van der Waals surface area contributed by atoms with E-state index in [1.807, 2.05) is 26.0 Å². The van der Waals surface area contributed by atoms with Crippen molar-refractivity contribution >= 4 is 33.2 Å². The van der Waals surface area contributed by atoms with Gasteiger partial charge in [-0.25, -0.2) is 8.42 Å². The number of hydrogen-bond donors (Lipinski definition) is 1. The van der Waals surface area contributed by atoms with Crippen LogP contribution in [-0.4, -0.2) is 45.4 Å². The molecule has 1 aliphatic heterocycles. The highest BCUT2D eigenvalue weighted by Crippen LogP contribution is 2.31. The van der Waals surface area contributed by atoms with Gasteiger partial charge in [0.2, 0.25) is 15.9 Å². The number of anilines is 1. The molecule has 1 heterocycles. The van der Waals surface area contributed by atoms with E-state index in [0.717, 1.165) is 5.56 Å². The Morgan fingerprint density at radius 1 is 1.23 bits per heavy atom. The van der Waals surface area contributed by atoms with Crippen LogP contribution in [0.5, 0.6) is 11.5 Å². The van der Waals surface area contributed by atoms with Crippen molar-refractivity contribution in [2.24, 2.45) is 5.92 Å². The van der Waals surface area contributed by atoms with Gasteiger partial charge < -0.3 is 14.8 Å². The lowest BCUT2D eigenvalue weighted by Crippen LogP contribution is -2.43. The zero-order valence-corrected chi connectivity index (χ0v) is 19.4. The summed E-state index contributed by atoms with van der Waals surface area (Å²) in [6.45, 7) is 4.64. The number of sulfonamides is 1. The number of rotatable bonds is 7. The number of amides is 1. The molecule has 2 aromatic carbocycles. The summed E-state index contributed by atoms with van der Waals surface area (Å²) in [5, 5.41) is 3.13. The van der Waals surface area contributed by atoms with Gasteiger partial charge in [-0.3, -0.25) is 4.79 Å². The van der Waals surface area contributed by atoms with Crippen LogP contribution in [0, 0.1) is 12.8 Å². The summed E-state index contributed by atoms with van der Waals surface area (Å²) in [7, 11) is -2.25. The quantitative estimate of drug-likeness (QED) is 0.664. The summed E-state index contributed by atoms with van der Waals surface area (Å²) < 4.78 is 38.4. The number of nitrogens with zero attached hydrogens (tertiary/aromatic N) is 1. The van der Waals surface area contributed by atoms with Crippen molar-refractivity contribution in [1.82, 2.24) is 4.31 Å². The molecule has 0 saturated carbocycles. The molecule has 2 aromatic rings. The van der Waals surface area contributed by atoms with Crippen molar-refractivity contribution in [3.63, 3.8) is 0 Å².